The number of nitrogens with one attached hydrogen (secondary N) is 1. The Balaban J connectivity index is 1.34. The van der Waals surface area contributed by atoms with Crippen LogP contribution in [0.5, 0.6) is 0 Å². The second kappa shape index (κ2) is 12.6. The number of ether oxygens (including phenoxy) is 5. The Morgan fingerprint density at radius 3 is 2.46 bits per heavy atom. The van der Waals surface area contributed by atoms with Gasteiger partial charge in [-0.1, -0.05) is 23.8 Å². The van der Waals surface area contributed by atoms with Gasteiger partial charge in [0.1, 0.15) is 6.10 Å². The van der Waals surface area contributed by atoms with E-state index in [1.165, 1.54) is 11.0 Å². The van der Waals surface area contributed by atoms with Crippen molar-refractivity contribution in [3.05, 3.63) is 36.0 Å². The van der Waals surface area contributed by atoms with E-state index in [4.69, 9.17) is 23.7 Å². The highest BCUT2D eigenvalue weighted by molar-refractivity contribution is 5.87. The molecule has 0 saturated carbocycles. The van der Waals surface area contributed by atoms with E-state index in [-0.39, 0.29) is 41.6 Å². The summed E-state index contributed by atoms with van der Waals surface area (Å²) in [6, 6.07) is -0.209. The Hall–Kier alpha value is -2.20. The van der Waals surface area contributed by atoms with Crippen molar-refractivity contribution in [2.24, 2.45) is 0 Å². The summed E-state index contributed by atoms with van der Waals surface area (Å²) < 4.78 is 28.8. The van der Waals surface area contributed by atoms with E-state index in [9.17, 15) is 9.59 Å². The number of rotatable bonds is 9. The molecule has 9 nitrogen and oxygen atoms in total. The molecule has 3 aliphatic rings. The van der Waals surface area contributed by atoms with Gasteiger partial charge in [0.15, 0.2) is 6.29 Å². The highest BCUT2D eigenvalue weighted by atomic mass is 16.7. The van der Waals surface area contributed by atoms with Gasteiger partial charge >= 0.3 is 6.09 Å². The zero-order chi connectivity index (χ0) is 27.2. The summed E-state index contributed by atoms with van der Waals surface area (Å²) in [7, 11) is 1.67. The molecule has 3 saturated heterocycles. The molecule has 0 bridgehead atoms. The Labute approximate surface area is 221 Å². The lowest BCUT2D eigenvalue weighted by atomic mass is 9.85. The predicted octanol–water partition coefficient (Wildman–Crippen LogP) is 3.88. The first-order valence-corrected chi connectivity index (χ1v) is 13.2. The third kappa shape index (κ3) is 9.56. The molecule has 0 radical (unpaired) electrons. The van der Waals surface area contributed by atoms with Crippen LogP contribution in [0.3, 0.4) is 0 Å². The molecular formula is C28H44N2O7. The monoisotopic (exact) mass is 520 g/mol. The van der Waals surface area contributed by atoms with Gasteiger partial charge in [-0.2, -0.15) is 0 Å². The van der Waals surface area contributed by atoms with Gasteiger partial charge in [-0.15, -0.1) is 0 Å². The summed E-state index contributed by atoms with van der Waals surface area (Å²) in [6.45, 7) is 13.3. The Morgan fingerprint density at radius 1 is 1.16 bits per heavy atom. The average molecular weight is 521 g/mol. The molecule has 3 aliphatic heterocycles. The number of allylic oxidation sites excluding steroid dienone is 2. The molecule has 3 rings (SSSR count). The van der Waals surface area contributed by atoms with Gasteiger partial charge in [0.25, 0.3) is 0 Å². The van der Waals surface area contributed by atoms with Crippen LogP contribution < -0.4 is 5.32 Å². The second-order valence-electron chi connectivity index (χ2n) is 11.3. The molecule has 37 heavy (non-hydrogen) atoms. The molecule has 3 atom stereocenters. The standard InChI is InChI=1S/C28H44N2O7/c1-19(2)30(7)26(32)36-21(4)10-12-24(31)29-22-15-33-25(34-16-22)13-9-20(3)8-11-23-14-28(18-35-28)17-27(5,6)37-23/h8-12,19,21-23,25H,13-18H2,1-7H3,(H,29,31). The van der Waals surface area contributed by atoms with E-state index in [1.807, 2.05) is 20.8 Å². The van der Waals surface area contributed by atoms with Gasteiger partial charge < -0.3 is 33.9 Å². The lowest BCUT2D eigenvalue weighted by Crippen LogP contribution is -2.46. The molecule has 0 aromatic heterocycles. The molecular weight excluding hydrogens is 476 g/mol. The highest BCUT2D eigenvalue weighted by Gasteiger charge is 2.53. The van der Waals surface area contributed by atoms with Crippen LogP contribution in [-0.4, -0.2) is 85.6 Å². The van der Waals surface area contributed by atoms with Crippen LogP contribution in [0.25, 0.3) is 0 Å². The first-order valence-electron chi connectivity index (χ1n) is 13.2. The van der Waals surface area contributed by atoms with E-state index in [0.717, 1.165) is 25.0 Å². The first kappa shape index (κ1) is 29.4. The Bertz CT molecular complexity index is 877. The molecule has 1 spiro atoms. The van der Waals surface area contributed by atoms with Crippen LogP contribution in [0.15, 0.2) is 36.0 Å². The molecule has 3 fully saturated rings. The predicted molar refractivity (Wildman–Crippen MR) is 140 cm³/mol. The maximum absolute atomic E-state index is 12.2. The van der Waals surface area contributed by atoms with E-state index in [1.54, 1.807) is 20.0 Å². The van der Waals surface area contributed by atoms with Crippen LogP contribution in [0.4, 0.5) is 4.79 Å². The molecule has 3 heterocycles. The second-order valence-corrected chi connectivity index (χ2v) is 11.3. The van der Waals surface area contributed by atoms with Gasteiger partial charge in [-0.05, 0) is 47.6 Å². The highest BCUT2D eigenvalue weighted by Crippen LogP contribution is 2.46. The Kier molecular flexibility index (Phi) is 9.97. The maximum Gasteiger partial charge on any atom is 0.410 e. The number of carbonyl (C=O) groups excluding carboxylic acids is 2. The van der Waals surface area contributed by atoms with Crippen molar-refractivity contribution in [1.29, 1.82) is 0 Å². The zero-order valence-electron chi connectivity index (χ0n) is 23.3. The summed E-state index contributed by atoms with van der Waals surface area (Å²) in [6.07, 6.45) is 10.4. The minimum atomic E-state index is -0.522. The molecule has 0 aliphatic carbocycles. The summed E-state index contributed by atoms with van der Waals surface area (Å²) in [5.41, 5.74) is 0.942. The maximum atomic E-state index is 12.2. The number of epoxide rings is 1. The largest absolute Gasteiger partial charge is 0.442 e. The number of hydrogen-bond acceptors (Lipinski definition) is 7. The Morgan fingerprint density at radius 2 is 1.84 bits per heavy atom. The third-order valence-corrected chi connectivity index (χ3v) is 6.73. The van der Waals surface area contributed by atoms with Crippen molar-refractivity contribution in [3.8, 4) is 0 Å². The third-order valence-electron chi connectivity index (χ3n) is 6.73. The molecule has 1 N–H and O–H groups in total. The van der Waals surface area contributed by atoms with E-state index in [2.05, 4.69) is 37.4 Å². The molecule has 0 aromatic carbocycles. The quantitative estimate of drug-likeness (QED) is 0.280. The molecule has 208 valence electrons. The smallest absolute Gasteiger partial charge is 0.410 e. The first-order chi connectivity index (χ1) is 17.4. The summed E-state index contributed by atoms with van der Waals surface area (Å²) >= 11 is 0. The summed E-state index contributed by atoms with van der Waals surface area (Å²) in [5.74, 6) is -0.289. The van der Waals surface area contributed by atoms with Gasteiger partial charge in [-0.3, -0.25) is 4.79 Å². The fourth-order valence-corrected chi connectivity index (χ4v) is 4.47. The lowest BCUT2D eigenvalue weighted by molar-refractivity contribution is -0.187. The molecule has 9 heteroatoms. The number of amides is 2. The SMILES string of the molecule is CC(C=CC1CC2(CO2)CC(C)(C)O1)=CCC1OCC(NC(=O)C=CC(C)OC(=O)N(C)C(C)C)CO1. The van der Waals surface area contributed by atoms with Crippen LogP contribution in [0, 0.1) is 0 Å². The minimum absolute atomic E-state index is 0.00938. The van der Waals surface area contributed by atoms with E-state index >= 15 is 0 Å². The van der Waals surface area contributed by atoms with Crippen molar-refractivity contribution in [1.82, 2.24) is 10.2 Å². The van der Waals surface area contributed by atoms with Gasteiger partial charge in [0, 0.05) is 38.4 Å². The lowest BCUT2D eigenvalue weighted by Gasteiger charge is -2.38. The van der Waals surface area contributed by atoms with Crippen molar-refractivity contribution in [3.63, 3.8) is 0 Å². The van der Waals surface area contributed by atoms with E-state index < -0.39 is 12.2 Å². The number of hydrogen-bond donors (Lipinski definition) is 1. The van der Waals surface area contributed by atoms with E-state index in [0.29, 0.717) is 19.6 Å². The van der Waals surface area contributed by atoms with Crippen LogP contribution >= 0.6 is 0 Å². The average Bonchev–Trinajstić information content (AvgIpc) is 3.56. The van der Waals surface area contributed by atoms with Gasteiger partial charge in [0.2, 0.25) is 5.91 Å². The molecule has 2 amide bonds. The van der Waals surface area contributed by atoms with Crippen LogP contribution in [0.1, 0.15) is 60.8 Å². The van der Waals surface area contributed by atoms with Gasteiger partial charge in [-0.25, -0.2) is 4.79 Å². The normalized spacial score (nSPS) is 30.6. The molecule has 3 unspecified atom stereocenters. The van der Waals surface area contributed by atoms with Crippen molar-refractivity contribution in [2.75, 3.05) is 26.9 Å². The fourth-order valence-electron chi connectivity index (χ4n) is 4.47. The number of carbonyl (C=O) groups is 2. The van der Waals surface area contributed by atoms with Crippen molar-refractivity contribution in [2.45, 2.75) is 103 Å². The summed E-state index contributed by atoms with van der Waals surface area (Å²) in [4.78, 5) is 25.7. The van der Waals surface area contributed by atoms with Crippen molar-refractivity contribution < 1.29 is 33.3 Å². The van der Waals surface area contributed by atoms with Crippen LogP contribution in [0.2, 0.25) is 0 Å². The minimum Gasteiger partial charge on any atom is -0.442 e. The number of nitrogens with zero attached hydrogens (tertiary/aromatic N) is 1. The van der Waals surface area contributed by atoms with Crippen molar-refractivity contribution >= 4 is 12.0 Å². The topological polar surface area (TPSA) is 98.9 Å². The molecule has 0 aromatic rings. The zero-order valence-corrected chi connectivity index (χ0v) is 23.3. The van der Waals surface area contributed by atoms with Gasteiger partial charge in [0.05, 0.1) is 43.2 Å². The fraction of sp³-hybridized carbons (Fsp3) is 0.714. The summed E-state index contributed by atoms with van der Waals surface area (Å²) in [5, 5.41) is 2.85. The van der Waals surface area contributed by atoms with Crippen LogP contribution in [-0.2, 0) is 28.5 Å².